The number of carbonyl (C=O) groups is 14. The molecule has 2 aliphatic rings. The van der Waals surface area contributed by atoms with E-state index < -0.39 is 223 Å². The molecule has 37 nitrogen and oxygen atoms in total. The predicted molar refractivity (Wildman–Crippen MR) is 462 cm³/mol. The third-order valence-corrected chi connectivity index (χ3v) is 23.0. The summed E-state index contributed by atoms with van der Waals surface area (Å²) >= 11 is 1.47. The summed E-state index contributed by atoms with van der Waals surface area (Å²) in [5.74, 6) is -11.3. The first-order valence-corrected chi connectivity index (χ1v) is 44.5. The van der Waals surface area contributed by atoms with E-state index in [4.69, 9.17) is 10.5 Å². The van der Waals surface area contributed by atoms with Crippen LogP contribution in [0.2, 0.25) is 0 Å². The Kier molecular flexibility index (Phi) is 45.8. The van der Waals surface area contributed by atoms with Crippen molar-refractivity contribution in [3.63, 3.8) is 0 Å². The number of β-amino-alcohol motifs (C(OH)–C–C–N with tert-alkyl or cyclic N) is 1. The Bertz CT molecular complexity index is 3990. The standard InChI is InChI=1S/C87H133N13O24S/c1-10-50(4)40-51(5)25-17-13-11-12-14-22-31-71(110)91-64(44-69(108)83(119)98-84(120)74-67(106)34-37-99(74)85(121)52(6)68(107)45-70(88)109)81(117)97-73(54(8)103)86(122)100-46-58(104)43-65(100)82(118)96-72(53(7)102)76(112)75(111)57-32-33-66(105)61(42-57)92-79(115)60(95-87(123)124-47-56-28-20-16-21-29-56)30-23-24-36-89-77(113)63(41-55-26-18-15-19-27-55)94-80(116)62(39-49(2)3)93-78(114)59(90-48-101)35-38-125-9/h15-16,18-21,26-29,32-33,42,48-52,54,58-60,62-65,67-69,72-76,83,103-108,111-112,119H,10-14,17,22-25,30-31,34-41,43-47H2,1-9H3,(H2,88,109)(H,89,113)(H,90,101)(H,91,110)(H,92,115)(H,93,114)(H,94,116)(H,95,123)(H,96,118)(H,97,117)(H,98,120)/t50-,51+,52-,54+,58+,59-,60-,62-,63-,64-,65-,67-,68+,69+,72+,73-,74-,75-,76-,83+/m0/s1. The van der Waals surface area contributed by atoms with Gasteiger partial charge in [-0.3, -0.25) is 62.3 Å². The number of primary amides is 1. The molecule has 2 fully saturated rings. The first-order valence-electron chi connectivity index (χ1n) is 43.1. The van der Waals surface area contributed by atoms with E-state index in [1.165, 1.54) is 18.7 Å². The number of carbonyl (C=O) groups excluding carboxylic acids is 14. The van der Waals surface area contributed by atoms with E-state index in [0.717, 1.165) is 86.8 Å². The van der Waals surface area contributed by atoms with Gasteiger partial charge in [-0.25, -0.2) is 4.79 Å². The van der Waals surface area contributed by atoms with E-state index in [1.54, 1.807) is 60.7 Å². The molecule has 13 amide bonds. The maximum absolute atomic E-state index is 14.7. The number of amides is 13. The number of aliphatic hydroxyl groups is 8. The third kappa shape index (κ3) is 35.4. The summed E-state index contributed by atoms with van der Waals surface area (Å²) < 4.78 is 5.44. The quantitative estimate of drug-likeness (QED) is 0.0162. The van der Waals surface area contributed by atoms with Gasteiger partial charge < -0.3 is 119 Å². The number of Topliss-reactive ketones (excluding diaryl/α,β-unsaturated/α-hetero) is 1. The highest BCUT2D eigenvalue weighted by Gasteiger charge is 2.47. The number of alkyl carbamates (subject to hydrolysis) is 1. The lowest BCUT2D eigenvalue weighted by Crippen LogP contribution is -2.61. The molecule has 5 rings (SSSR count). The number of likely N-dealkylation sites (tertiary alicyclic amines) is 2. The van der Waals surface area contributed by atoms with Crippen LogP contribution in [0.15, 0.2) is 78.9 Å². The number of phenolic OH excluding ortho intramolecular Hbond substituents is 1. The van der Waals surface area contributed by atoms with Gasteiger partial charge in [-0.05, 0) is 124 Å². The van der Waals surface area contributed by atoms with Crippen molar-refractivity contribution in [3.05, 3.63) is 95.6 Å². The van der Waals surface area contributed by atoms with E-state index in [9.17, 15) is 113 Å². The summed E-state index contributed by atoms with van der Waals surface area (Å²) in [5.41, 5.74) is 5.85. The van der Waals surface area contributed by atoms with Crippen molar-refractivity contribution in [1.29, 1.82) is 0 Å². The lowest BCUT2D eigenvalue weighted by Gasteiger charge is -2.33. The van der Waals surface area contributed by atoms with Gasteiger partial charge in [0.25, 0.3) is 0 Å². The van der Waals surface area contributed by atoms with Crippen molar-refractivity contribution >= 4 is 101 Å². The number of aromatic hydroxyl groups is 1. The van der Waals surface area contributed by atoms with Crippen LogP contribution in [0, 0.1) is 23.7 Å². The van der Waals surface area contributed by atoms with E-state index in [2.05, 4.69) is 73.9 Å². The predicted octanol–water partition coefficient (Wildman–Crippen LogP) is 1.03. The molecule has 20 atom stereocenters. The molecule has 3 aromatic carbocycles. The summed E-state index contributed by atoms with van der Waals surface area (Å²) in [7, 11) is 0. The minimum absolute atomic E-state index is 0.0137. The van der Waals surface area contributed by atoms with Crippen LogP contribution < -0.4 is 58.9 Å². The topological polar surface area (TPSA) is 583 Å². The second-order valence-corrected chi connectivity index (χ2v) is 34.3. The summed E-state index contributed by atoms with van der Waals surface area (Å²) in [6, 6.07) is 6.68. The molecule has 0 saturated carbocycles. The maximum atomic E-state index is 14.7. The number of nitrogens with zero attached hydrogens (tertiary/aromatic N) is 2. The van der Waals surface area contributed by atoms with Gasteiger partial charge in [0, 0.05) is 45.3 Å². The van der Waals surface area contributed by atoms with E-state index in [-0.39, 0.29) is 76.1 Å². The Balaban J connectivity index is 1.31. The largest absolute Gasteiger partial charge is 0.506 e. The highest BCUT2D eigenvalue weighted by Crippen LogP contribution is 2.32. The zero-order chi connectivity index (χ0) is 92.7. The first-order chi connectivity index (χ1) is 59.3. The van der Waals surface area contributed by atoms with Crippen molar-refractivity contribution in [2.75, 3.05) is 37.0 Å². The Morgan fingerprint density at radius 2 is 1.22 bits per heavy atom. The molecule has 0 bridgehead atoms. The highest BCUT2D eigenvalue weighted by molar-refractivity contribution is 7.98. The van der Waals surface area contributed by atoms with Gasteiger partial charge in [0.15, 0.2) is 12.0 Å². The van der Waals surface area contributed by atoms with Crippen molar-refractivity contribution in [2.45, 2.75) is 294 Å². The molecule has 0 radical (unpaired) electrons. The second kappa shape index (κ2) is 54.2. The van der Waals surface area contributed by atoms with Crippen molar-refractivity contribution in [3.8, 4) is 5.75 Å². The van der Waals surface area contributed by atoms with Gasteiger partial charge in [-0.2, -0.15) is 11.8 Å². The number of thioether (sulfide) groups is 1. The summed E-state index contributed by atoms with van der Waals surface area (Å²) in [6.45, 7) is 12.6. The number of nitrogens with one attached hydrogen (secondary N) is 10. The van der Waals surface area contributed by atoms with Crippen LogP contribution in [0.25, 0.3) is 0 Å². The van der Waals surface area contributed by atoms with E-state index in [0.29, 0.717) is 54.4 Å². The smallest absolute Gasteiger partial charge is 0.408 e. The molecular weight excluding hydrogens is 1640 g/mol. The number of unbranched alkanes of at least 4 members (excludes halogenated alkanes) is 6. The summed E-state index contributed by atoms with van der Waals surface area (Å²) in [4.78, 5) is 192. The zero-order valence-electron chi connectivity index (χ0n) is 72.9. The van der Waals surface area contributed by atoms with Crippen molar-refractivity contribution in [1.82, 2.24) is 57.7 Å². The molecule has 2 heterocycles. The second-order valence-electron chi connectivity index (χ2n) is 33.3. The fourth-order valence-corrected chi connectivity index (χ4v) is 15.4. The lowest BCUT2D eigenvalue weighted by atomic mass is 9.91. The molecule has 2 saturated heterocycles. The average Bonchev–Trinajstić information content (AvgIpc) is 1.72. The number of anilines is 1. The molecule has 0 aromatic heterocycles. The highest BCUT2D eigenvalue weighted by atomic mass is 32.2. The monoisotopic (exact) mass is 1780 g/mol. The van der Waals surface area contributed by atoms with Crippen LogP contribution in [-0.2, 0) is 80.1 Å². The number of ketones is 1. The summed E-state index contributed by atoms with van der Waals surface area (Å²) in [5, 5.41) is 126. The maximum Gasteiger partial charge on any atom is 0.408 e. The van der Waals surface area contributed by atoms with Crippen LogP contribution in [0.1, 0.15) is 200 Å². The fourth-order valence-electron chi connectivity index (χ4n) is 14.9. The molecule has 2 aliphatic heterocycles. The molecule has 3 aromatic rings. The molecule has 696 valence electrons. The fraction of sp³-hybridized carbons (Fsp3) is 0.632. The Hall–Kier alpha value is -9.93. The summed E-state index contributed by atoms with van der Waals surface area (Å²) in [6.07, 6.45) is -7.54. The number of aliphatic hydroxyl groups excluding tert-OH is 8. The Morgan fingerprint density at radius 3 is 1.85 bits per heavy atom. The van der Waals surface area contributed by atoms with Gasteiger partial charge >= 0.3 is 6.09 Å². The van der Waals surface area contributed by atoms with Gasteiger partial charge in [-0.15, -0.1) is 0 Å². The van der Waals surface area contributed by atoms with Crippen LogP contribution >= 0.6 is 11.8 Å². The molecule has 0 spiro atoms. The molecule has 0 aliphatic carbocycles. The Labute approximate surface area is 734 Å². The number of ether oxygens (including phenoxy) is 1. The van der Waals surface area contributed by atoms with Gasteiger partial charge in [-0.1, -0.05) is 153 Å². The normalized spacial score (nSPS) is 18.9. The number of hydrogen-bond donors (Lipinski definition) is 20. The van der Waals surface area contributed by atoms with Crippen LogP contribution in [0.5, 0.6) is 5.75 Å². The van der Waals surface area contributed by atoms with E-state index >= 15 is 0 Å². The van der Waals surface area contributed by atoms with Crippen LogP contribution in [0.4, 0.5) is 10.5 Å². The minimum Gasteiger partial charge on any atom is -0.506 e. The van der Waals surface area contributed by atoms with E-state index in [1.807, 2.05) is 20.1 Å². The van der Waals surface area contributed by atoms with Gasteiger partial charge in [0.1, 0.15) is 85.0 Å². The first kappa shape index (κ1) is 106. The molecule has 125 heavy (non-hydrogen) atoms. The van der Waals surface area contributed by atoms with Crippen LogP contribution in [0.3, 0.4) is 0 Å². The van der Waals surface area contributed by atoms with Crippen LogP contribution in [-0.4, -0.2) is 268 Å². The number of benzene rings is 3. The van der Waals surface area contributed by atoms with Gasteiger partial charge in [0.05, 0.1) is 42.4 Å². The number of rotatable bonds is 56. The molecule has 21 N–H and O–H groups in total. The SMILES string of the molecule is CC[C@H](C)C[C@H](C)CCCCCCCCC(=O)N[C@@H](C[C@@H](O)[C@@H](O)NC(=O)[C@@H]1[C@@H](O)CCN1C(=O)[C@@H](C)[C@H](O)CC(N)=O)C(=O)N[C@H](C(=O)N1C[C@H](O)C[C@H]1C(=O)N[C@H](C(C)=O)[C@H](O)[C@@H](O)c1ccc(O)c(NC(=O)[C@H](CCCCNC(=O)[C@H](Cc2ccccc2)NC(=O)[C@H](CC(C)C)NC(=O)[C@H](CCSC)NC=O)NC(=O)OCc2ccccc2)c1)[C@@H](C)O. The molecular formula is C87H133N13O24S. The number of nitrogens with two attached hydrogens (primary N) is 1. The number of hydrogen-bond acceptors (Lipinski definition) is 25. The average molecular weight is 1780 g/mol. The van der Waals surface area contributed by atoms with Gasteiger partial charge in [0.2, 0.25) is 71.4 Å². The molecule has 0 unspecified atom stereocenters. The van der Waals surface area contributed by atoms with Crippen molar-refractivity contribution < 1.29 is 118 Å². The Morgan fingerprint density at radius 1 is 0.608 bits per heavy atom. The van der Waals surface area contributed by atoms with Crippen molar-refractivity contribution in [2.24, 2.45) is 29.4 Å². The zero-order valence-corrected chi connectivity index (χ0v) is 73.7. The number of phenols is 1. The molecule has 38 heteroatoms. The lowest BCUT2D eigenvalue weighted by molar-refractivity contribution is -0.148. The minimum atomic E-state index is -2.28. The third-order valence-electron chi connectivity index (χ3n) is 22.4.